The van der Waals surface area contributed by atoms with Gasteiger partial charge in [-0.25, -0.2) is 9.97 Å². The summed E-state index contributed by atoms with van der Waals surface area (Å²) in [4.78, 5) is 11.4. The first-order chi connectivity index (χ1) is 9.00. The van der Waals surface area contributed by atoms with E-state index < -0.39 is 11.9 Å². The number of nitrogens with zero attached hydrogens (tertiary/aromatic N) is 3. The van der Waals surface area contributed by atoms with Crippen molar-refractivity contribution < 1.29 is 13.2 Å². The summed E-state index contributed by atoms with van der Waals surface area (Å²) in [6.07, 6.45) is -0.0940. The van der Waals surface area contributed by atoms with E-state index in [0.717, 1.165) is 17.8 Å². The van der Waals surface area contributed by atoms with Crippen LogP contribution in [-0.2, 0) is 12.7 Å². The second kappa shape index (κ2) is 5.54. The molecule has 0 spiro atoms. The monoisotopic (exact) mass is 286 g/mol. The highest BCUT2D eigenvalue weighted by Crippen LogP contribution is 2.32. The van der Waals surface area contributed by atoms with Crippen molar-refractivity contribution in [1.82, 2.24) is 15.0 Å². The van der Waals surface area contributed by atoms with E-state index in [1.54, 1.807) is 0 Å². The highest BCUT2D eigenvalue weighted by Gasteiger charge is 2.33. The lowest BCUT2D eigenvalue weighted by atomic mass is 10.2. The molecule has 8 heteroatoms. The summed E-state index contributed by atoms with van der Waals surface area (Å²) < 4.78 is 37.8. The predicted octanol–water partition coefficient (Wildman–Crippen LogP) is 2.50. The maximum absolute atomic E-state index is 12.6. The smallest absolute Gasteiger partial charge is 0.326 e. The number of aromatic nitrogens is 3. The van der Waals surface area contributed by atoms with Gasteiger partial charge in [0.25, 0.3) is 0 Å². The van der Waals surface area contributed by atoms with Gasteiger partial charge >= 0.3 is 6.18 Å². The van der Waals surface area contributed by atoms with Crippen molar-refractivity contribution in [3.8, 4) is 0 Å². The van der Waals surface area contributed by atoms with Crippen LogP contribution in [0.2, 0.25) is 0 Å². The zero-order valence-electron chi connectivity index (χ0n) is 9.55. The van der Waals surface area contributed by atoms with E-state index in [1.165, 1.54) is 24.7 Å². The summed E-state index contributed by atoms with van der Waals surface area (Å²) >= 11 is 1.00. The van der Waals surface area contributed by atoms with Crippen molar-refractivity contribution in [3.63, 3.8) is 0 Å². The Morgan fingerprint density at radius 3 is 2.58 bits per heavy atom. The minimum atomic E-state index is -4.48. The first-order valence-electron chi connectivity index (χ1n) is 5.22. The van der Waals surface area contributed by atoms with E-state index in [2.05, 4.69) is 15.0 Å². The van der Waals surface area contributed by atoms with Crippen LogP contribution >= 0.6 is 11.8 Å². The molecule has 0 fully saturated rings. The Kier molecular flexibility index (Phi) is 4.01. The van der Waals surface area contributed by atoms with Crippen molar-refractivity contribution in [1.29, 1.82) is 0 Å². The quantitative estimate of drug-likeness (QED) is 0.939. The standard InChI is InChI=1S/C11H9F3N4S/c12-11(13,14)8-2-1-7(5-15)10(18-8)19-9-6-16-3-4-17-9/h1-4,6H,5,15H2. The summed E-state index contributed by atoms with van der Waals surface area (Å²) in [5.74, 6) is 0. The molecule has 0 atom stereocenters. The molecule has 0 aromatic carbocycles. The number of alkyl halides is 3. The lowest BCUT2D eigenvalue weighted by Gasteiger charge is -2.10. The van der Waals surface area contributed by atoms with E-state index in [-0.39, 0.29) is 11.6 Å². The highest BCUT2D eigenvalue weighted by molar-refractivity contribution is 7.99. The van der Waals surface area contributed by atoms with Crippen LogP contribution in [0.15, 0.2) is 40.8 Å². The molecule has 0 bridgehead atoms. The largest absolute Gasteiger partial charge is 0.433 e. The van der Waals surface area contributed by atoms with Crippen molar-refractivity contribution in [2.45, 2.75) is 22.8 Å². The van der Waals surface area contributed by atoms with Gasteiger partial charge in [-0.1, -0.05) is 6.07 Å². The van der Waals surface area contributed by atoms with E-state index in [9.17, 15) is 13.2 Å². The molecule has 2 aromatic heterocycles. The third-order valence-electron chi connectivity index (χ3n) is 2.19. The Morgan fingerprint density at radius 2 is 2.00 bits per heavy atom. The molecule has 100 valence electrons. The van der Waals surface area contributed by atoms with Crippen LogP contribution in [0, 0.1) is 0 Å². The number of halogens is 3. The molecule has 0 aliphatic heterocycles. The maximum atomic E-state index is 12.6. The Balaban J connectivity index is 2.37. The SMILES string of the molecule is NCc1ccc(C(F)(F)F)nc1Sc1cnccn1. The second-order valence-electron chi connectivity index (χ2n) is 3.51. The summed E-state index contributed by atoms with van der Waals surface area (Å²) in [5.41, 5.74) is 5.08. The van der Waals surface area contributed by atoms with Crippen LogP contribution in [0.4, 0.5) is 13.2 Å². The molecule has 0 unspecified atom stereocenters. The topological polar surface area (TPSA) is 64.7 Å². The molecule has 2 heterocycles. The van der Waals surface area contributed by atoms with Crippen molar-refractivity contribution in [3.05, 3.63) is 42.0 Å². The fourth-order valence-corrected chi connectivity index (χ4v) is 2.16. The molecule has 0 saturated carbocycles. The van der Waals surface area contributed by atoms with Gasteiger partial charge in [-0.05, 0) is 23.4 Å². The number of hydrogen-bond acceptors (Lipinski definition) is 5. The van der Waals surface area contributed by atoms with Crippen LogP contribution in [0.3, 0.4) is 0 Å². The van der Waals surface area contributed by atoms with Gasteiger partial charge < -0.3 is 5.73 Å². The van der Waals surface area contributed by atoms with Crippen LogP contribution < -0.4 is 5.73 Å². The van der Waals surface area contributed by atoms with Gasteiger partial charge in [0.1, 0.15) is 15.7 Å². The normalized spacial score (nSPS) is 11.6. The van der Waals surface area contributed by atoms with Crippen LogP contribution in [0.5, 0.6) is 0 Å². The van der Waals surface area contributed by atoms with Gasteiger partial charge in [-0.15, -0.1) is 0 Å². The molecule has 19 heavy (non-hydrogen) atoms. The van der Waals surface area contributed by atoms with Gasteiger partial charge in [0.2, 0.25) is 0 Å². The highest BCUT2D eigenvalue weighted by atomic mass is 32.2. The molecule has 4 nitrogen and oxygen atoms in total. The van der Waals surface area contributed by atoms with Gasteiger partial charge in [0, 0.05) is 18.9 Å². The van der Waals surface area contributed by atoms with E-state index in [0.29, 0.717) is 10.6 Å². The average Bonchev–Trinajstić information content (AvgIpc) is 2.39. The minimum absolute atomic E-state index is 0.105. The van der Waals surface area contributed by atoms with E-state index in [4.69, 9.17) is 5.73 Å². The van der Waals surface area contributed by atoms with Crippen LogP contribution in [-0.4, -0.2) is 15.0 Å². The summed E-state index contributed by atoms with van der Waals surface area (Å²) in [7, 11) is 0. The first-order valence-corrected chi connectivity index (χ1v) is 6.03. The van der Waals surface area contributed by atoms with Gasteiger partial charge in [0.05, 0.1) is 6.20 Å². The van der Waals surface area contributed by atoms with Gasteiger partial charge in [-0.3, -0.25) is 4.98 Å². The number of pyridine rings is 1. The number of nitrogens with two attached hydrogens (primary N) is 1. The van der Waals surface area contributed by atoms with Crippen molar-refractivity contribution >= 4 is 11.8 Å². The third-order valence-corrected chi connectivity index (χ3v) is 3.16. The minimum Gasteiger partial charge on any atom is -0.326 e. The summed E-state index contributed by atoms with van der Waals surface area (Å²) in [6, 6.07) is 2.25. The third kappa shape index (κ3) is 3.42. The molecule has 2 aromatic rings. The molecular formula is C11H9F3N4S. The molecule has 2 rings (SSSR count). The van der Waals surface area contributed by atoms with E-state index >= 15 is 0 Å². The van der Waals surface area contributed by atoms with Crippen LogP contribution in [0.25, 0.3) is 0 Å². The maximum Gasteiger partial charge on any atom is 0.433 e. The Labute approximate surface area is 111 Å². The van der Waals surface area contributed by atoms with Crippen molar-refractivity contribution in [2.24, 2.45) is 5.73 Å². The molecule has 0 saturated heterocycles. The summed E-state index contributed by atoms with van der Waals surface area (Å²) in [6.45, 7) is 0.105. The van der Waals surface area contributed by atoms with E-state index in [1.807, 2.05) is 0 Å². The lowest BCUT2D eigenvalue weighted by molar-refractivity contribution is -0.141. The fourth-order valence-electron chi connectivity index (χ4n) is 1.31. The van der Waals surface area contributed by atoms with Crippen molar-refractivity contribution in [2.75, 3.05) is 0 Å². The number of rotatable bonds is 3. The average molecular weight is 286 g/mol. The Bertz CT molecular complexity index is 560. The second-order valence-corrected chi connectivity index (χ2v) is 4.52. The molecule has 0 aliphatic rings. The molecule has 0 aliphatic carbocycles. The Hall–Kier alpha value is -1.67. The molecular weight excluding hydrogens is 277 g/mol. The first kappa shape index (κ1) is 13.8. The van der Waals surface area contributed by atoms with Gasteiger partial charge in [0.15, 0.2) is 0 Å². The Morgan fingerprint density at radius 1 is 1.21 bits per heavy atom. The molecule has 2 N–H and O–H groups in total. The zero-order valence-corrected chi connectivity index (χ0v) is 10.4. The predicted molar refractivity (Wildman–Crippen MR) is 63.3 cm³/mol. The van der Waals surface area contributed by atoms with Crippen LogP contribution in [0.1, 0.15) is 11.3 Å². The molecule has 0 radical (unpaired) electrons. The molecule has 0 amide bonds. The summed E-state index contributed by atoms with van der Waals surface area (Å²) in [5, 5.41) is 0.654. The lowest BCUT2D eigenvalue weighted by Crippen LogP contribution is -2.10. The number of hydrogen-bond donors (Lipinski definition) is 1. The fraction of sp³-hybridized carbons (Fsp3) is 0.182. The zero-order chi connectivity index (χ0) is 13.9. The van der Waals surface area contributed by atoms with Gasteiger partial charge in [-0.2, -0.15) is 13.2 Å².